The Hall–Kier alpha value is -1.99. The number of benzene rings is 1. The Kier molecular flexibility index (Phi) is 5.64. The van der Waals surface area contributed by atoms with E-state index in [1.54, 1.807) is 0 Å². The lowest BCUT2D eigenvalue weighted by Gasteiger charge is -2.16. The van der Waals surface area contributed by atoms with Crippen molar-refractivity contribution in [2.45, 2.75) is 63.6 Å². The van der Waals surface area contributed by atoms with E-state index < -0.39 is 0 Å². The molecule has 2 N–H and O–H groups in total. The van der Waals surface area contributed by atoms with E-state index in [0.717, 1.165) is 55.2 Å². The standard InChI is InChI=1S/C21H29N5OS/c1-4-26-16(13-25(2)3)12-19(23-26)28-24-21(27)22-20-17-9-5-7-14(17)11-15-8-6-10-18(15)20/h11-12H,4-10,13H2,1-3H3,(H2,22,24,27). The van der Waals surface area contributed by atoms with Gasteiger partial charge in [-0.3, -0.25) is 9.40 Å². The number of hydrogen-bond acceptors (Lipinski definition) is 4. The van der Waals surface area contributed by atoms with E-state index in [2.05, 4.69) is 33.0 Å². The highest BCUT2D eigenvalue weighted by atomic mass is 32.2. The summed E-state index contributed by atoms with van der Waals surface area (Å²) in [5.74, 6) is 0. The van der Waals surface area contributed by atoms with E-state index in [-0.39, 0.29) is 6.03 Å². The summed E-state index contributed by atoms with van der Waals surface area (Å²) in [4.78, 5) is 14.8. The van der Waals surface area contributed by atoms with Crippen molar-refractivity contribution in [1.29, 1.82) is 0 Å². The highest BCUT2D eigenvalue weighted by Gasteiger charge is 2.25. The minimum absolute atomic E-state index is 0.167. The molecule has 2 aromatic rings. The minimum atomic E-state index is -0.167. The van der Waals surface area contributed by atoms with Crippen LogP contribution in [-0.2, 0) is 38.8 Å². The van der Waals surface area contributed by atoms with Crippen LogP contribution in [0.5, 0.6) is 0 Å². The van der Waals surface area contributed by atoms with Crippen molar-refractivity contribution >= 4 is 23.7 Å². The number of anilines is 1. The highest BCUT2D eigenvalue weighted by molar-refractivity contribution is 7.97. The summed E-state index contributed by atoms with van der Waals surface area (Å²) in [5.41, 5.74) is 7.79. The fourth-order valence-corrected chi connectivity index (χ4v) is 4.99. The van der Waals surface area contributed by atoms with E-state index in [4.69, 9.17) is 0 Å². The molecule has 0 spiro atoms. The van der Waals surface area contributed by atoms with Gasteiger partial charge in [-0.15, -0.1) is 0 Å². The first kappa shape index (κ1) is 19.3. The number of urea groups is 1. The third kappa shape index (κ3) is 3.91. The number of carbonyl (C=O) groups is 1. The lowest BCUT2D eigenvalue weighted by molar-refractivity contribution is 0.257. The Bertz CT molecular complexity index is 857. The van der Waals surface area contributed by atoms with Crippen LogP contribution in [0.1, 0.15) is 47.7 Å². The molecule has 0 saturated heterocycles. The van der Waals surface area contributed by atoms with Crippen molar-refractivity contribution in [1.82, 2.24) is 19.4 Å². The van der Waals surface area contributed by atoms with Crippen LogP contribution in [0.15, 0.2) is 17.2 Å². The number of rotatable bonds is 6. The number of aryl methyl sites for hydroxylation is 3. The molecule has 2 amide bonds. The number of carbonyl (C=O) groups excluding carboxylic acids is 1. The highest BCUT2D eigenvalue weighted by Crippen LogP contribution is 2.38. The number of fused-ring (bicyclic) bond motifs is 2. The normalized spacial score (nSPS) is 15.0. The molecule has 6 nitrogen and oxygen atoms in total. The number of nitrogens with one attached hydrogen (secondary N) is 2. The quantitative estimate of drug-likeness (QED) is 0.726. The fraction of sp³-hybridized carbons (Fsp3) is 0.524. The average molecular weight is 400 g/mol. The van der Waals surface area contributed by atoms with Crippen LogP contribution in [0.2, 0.25) is 0 Å². The molecule has 1 aromatic carbocycles. The van der Waals surface area contributed by atoms with Crippen molar-refractivity contribution in [2.75, 3.05) is 19.4 Å². The lowest BCUT2D eigenvalue weighted by Crippen LogP contribution is -2.24. The number of amides is 2. The molecular formula is C21H29N5OS. The number of aromatic nitrogens is 2. The predicted octanol–water partition coefficient (Wildman–Crippen LogP) is 3.77. The van der Waals surface area contributed by atoms with E-state index in [9.17, 15) is 4.79 Å². The number of nitrogens with zero attached hydrogens (tertiary/aromatic N) is 3. The molecule has 150 valence electrons. The van der Waals surface area contributed by atoms with Gasteiger partial charge in [0.1, 0.15) is 5.03 Å². The van der Waals surface area contributed by atoms with Gasteiger partial charge in [0, 0.05) is 30.7 Å². The molecule has 0 atom stereocenters. The van der Waals surface area contributed by atoms with Gasteiger partial charge in [0.05, 0.1) is 5.69 Å². The molecule has 0 radical (unpaired) electrons. The maximum Gasteiger partial charge on any atom is 0.329 e. The second-order valence-corrected chi connectivity index (χ2v) is 8.75. The van der Waals surface area contributed by atoms with Crippen LogP contribution in [0.25, 0.3) is 0 Å². The van der Waals surface area contributed by atoms with Gasteiger partial charge in [-0.25, -0.2) is 4.79 Å². The van der Waals surface area contributed by atoms with Crippen LogP contribution in [0, 0.1) is 0 Å². The third-order valence-electron chi connectivity index (χ3n) is 5.58. The van der Waals surface area contributed by atoms with Crippen LogP contribution < -0.4 is 10.0 Å². The molecule has 2 aliphatic carbocycles. The lowest BCUT2D eigenvalue weighted by atomic mass is 9.99. The predicted molar refractivity (Wildman–Crippen MR) is 114 cm³/mol. The van der Waals surface area contributed by atoms with Gasteiger partial charge >= 0.3 is 6.03 Å². The SMILES string of the molecule is CCn1nc(SNC(=O)Nc2c3c(cc4c2CCC4)CCC3)cc1CN(C)C. The zero-order valence-electron chi connectivity index (χ0n) is 17.0. The second kappa shape index (κ2) is 8.17. The smallest absolute Gasteiger partial charge is 0.307 e. The molecule has 28 heavy (non-hydrogen) atoms. The molecule has 7 heteroatoms. The van der Waals surface area contributed by atoms with Gasteiger partial charge in [-0.1, -0.05) is 6.07 Å². The summed E-state index contributed by atoms with van der Waals surface area (Å²) in [6.45, 7) is 3.73. The summed E-state index contributed by atoms with van der Waals surface area (Å²) >= 11 is 1.28. The molecule has 2 aliphatic rings. The van der Waals surface area contributed by atoms with Crippen molar-refractivity contribution in [2.24, 2.45) is 0 Å². The Balaban J connectivity index is 1.44. The fourth-order valence-electron chi connectivity index (χ4n) is 4.41. The number of hydrogen-bond donors (Lipinski definition) is 2. The first-order valence-electron chi connectivity index (χ1n) is 10.2. The van der Waals surface area contributed by atoms with Crippen LogP contribution in [-0.4, -0.2) is 34.8 Å². The Morgan fingerprint density at radius 2 is 1.82 bits per heavy atom. The van der Waals surface area contributed by atoms with Gasteiger partial charge in [-0.2, -0.15) is 5.10 Å². The van der Waals surface area contributed by atoms with E-state index in [0.29, 0.717) is 0 Å². The van der Waals surface area contributed by atoms with Crippen molar-refractivity contribution < 1.29 is 4.79 Å². The van der Waals surface area contributed by atoms with Crippen LogP contribution in [0.3, 0.4) is 0 Å². The Morgan fingerprint density at radius 3 is 2.43 bits per heavy atom. The van der Waals surface area contributed by atoms with Gasteiger partial charge in [0.15, 0.2) is 0 Å². The average Bonchev–Trinajstić information content (AvgIpc) is 3.38. The van der Waals surface area contributed by atoms with Crippen molar-refractivity contribution in [3.8, 4) is 0 Å². The van der Waals surface area contributed by atoms with E-state index >= 15 is 0 Å². The molecule has 0 aliphatic heterocycles. The Labute approximate surface area is 171 Å². The van der Waals surface area contributed by atoms with Gasteiger partial charge in [0.2, 0.25) is 0 Å². The molecule has 1 heterocycles. The first-order chi connectivity index (χ1) is 13.5. The molecule has 0 fully saturated rings. The van der Waals surface area contributed by atoms with Crippen LogP contribution in [0.4, 0.5) is 10.5 Å². The summed E-state index contributed by atoms with van der Waals surface area (Å²) in [6, 6.07) is 4.26. The zero-order valence-corrected chi connectivity index (χ0v) is 17.8. The topological polar surface area (TPSA) is 62.2 Å². The van der Waals surface area contributed by atoms with Crippen LogP contribution >= 0.6 is 11.9 Å². The third-order valence-corrected chi connectivity index (χ3v) is 6.27. The van der Waals surface area contributed by atoms with Gasteiger partial charge < -0.3 is 10.2 Å². The first-order valence-corrected chi connectivity index (χ1v) is 11.0. The zero-order chi connectivity index (χ0) is 19.7. The molecule has 1 aromatic heterocycles. The molecule has 0 unspecified atom stereocenters. The van der Waals surface area contributed by atoms with E-state index in [1.807, 2.05) is 24.8 Å². The second-order valence-electron chi connectivity index (χ2n) is 7.92. The summed E-state index contributed by atoms with van der Waals surface area (Å²) in [7, 11) is 4.09. The van der Waals surface area contributed by atoms with Gasteiger partial charge in [0.25, 0.3) is 0 Å². The van der Waals surface area contributed by atoms with Crippen molar-refractivity contribution in [3.05, 3.63) is 40.1 Å². The minimum Gasteiger partial charge on any atom is -0.307 e. The molecule has 4 rings (SSSR count). The van der Waals surface area contributed by atoms with Gasteiger partial charge in [-0.05, 0) is 87.9 Å². The molecule has 0 bridgehead atoms. The maximum absolute atomic E-state index is 12.6. The maximum atomic E-state index is 12.6. The molecule has 0 saturated carbocycles. The summed E-state index contributed by atoms with van der Waals surface area (Å²) < 4.78 is 4.91. The molecular weight excluding hydrogens is 370 g/mol. The Morgan fingerprint density at radius 1 is 1.14 bits per heavy atom. The van der Waals surface area contributed by atoms with E-state index in [1.165, 1.54) is 47.0 Å². The summed E-state index contributed by atoms with van der Waals surface area (Å²) in [6.07, 6.45) is 6.78. The summed E-state index contributed by atoms with van der Waals surface area (Å²) in [5, 5.41) is 8.57. The van der Waals surface area contributed by atoms with Crippen molar-refractivity contribution in [3.63, 3.8) is 0 Å². The monoisotopic (exact) mass is 399 g/mol. The largest absolute Gasteiger partial charge is 0.329 e.